The van der Waals surface area contributed by atoms with E-state index in [1.165, 1.54) is 32.1 Å². The molecule has 79 valence electrons. The van der Waals surface area contributed by atoms with Crippen LogP contribution in [0.15, 0.2) is 0 Å². The van der Waals surface area contributed by atoms with E-state index in [2.05, 4.69) is 20.8 Å². The van der Waals surface area contributed by atoms with Gasteiger partial charge >= 0.3 is 92.4 Å². The van der Waals surface area contributed by atoms with Crippen LogP contribution in [-0.2, 0) is 0 Å². The first-order valence-electron chi connectivity index (χ1n) is 6.18. The maximum atomic E-state index is 2.43. The van der Waals surface area contributed by atoms with Crippen LogP contribution in [0.4, 0.5) is 0 Å². The van der Waals surface area contributed by atoms with Crippen LogP contribution >= 0.6 is 0 Å². The van der Waals surface area contributed by atoms with Crippen molar-refractivity contribution in [2.24, 2.45) is 0 Å². The Bertz CT molecular complexity index is 91.1. The van der Waals surface area contributed by atoms with Crippen molar-refractivity contribution < 1.29 is 0 Å². The molecule has 0 fully saturated rings. The fraction of sp³-hybridized carbons (Fsp3) is 1.00. The van der Waals surface area contributed by atoms with Gasteiger partial charge < -0.3 is 0 Å². The zero-order valence-corrected chi connectivity index (χ0v) is 12.7. The summed E-state index contributed by atoms with van der Waals surface area (Å²) in [5, 5.41) is 0. The van der Waals surface area contributed by atoms with Crippen LogP contribution in [0.5, 0.6) is 0 Å². The number of unbranched alkanes of at least 4 members (excludes halogenated alkanes) is 4. The van der Waals surface area contributed by atoms with Gasteiger partial charge in [-0.2, -0.15) is 0 Å². The Morgan fingerprint density at radius 2 is 1.31 bits per heavy atom. The molecule has 0 bridgehead atoms. The van der Waals surface area contributed by atoms with Gasteiger partial charge in [0, 0.05) is 0 Å². The molecule has 1 radical (unpaired) electrons. The standard InChI is InChI=1S/C6H13.C4H9.C2H5.Sn/c1-3-5-6-4-2;1-3-4-2;1-2;/h1,3-6H2,2H3;1,3-4H2,2H3;1H2,2H3;. The van der Waals surface area contributed by atoms with Crippen LogP contribution in [0, 0.1) is 0 Å². The van der Waals surface area contributed by atoms with E-state index in [9.17, 15) is 0 Å². The Labute approximate surface area is 92.2 Å². The molecule has 0 N–H and O–H groups in total. The molecule has 0 heterocycles. The molecule has 0 aliphatic heterocycles. The minimum absolute atomic E-state index is 0.813. The normalized spacial score (nSPS) is 11.1. The topological polar surface area (TPSA) is 0 Å². The van der Waals surface area contributed by atoms with Gasteiger partial charge in [0.1, 0.15) is 0 Å². The molecule has 0 spiro atoms. The van der Waals surface area contributed by atoms with Crippen molar-refractivity contribution in [3.63, 3.8) is 0 Å². The van der Waals surface area contributed by atoms with Gasteiger partial charge in [-0.05, 0) is 0 Å². The fourth-order valence-corrected chi connectivity index (χ4v) is 9.02. The minimum atomic E-state index is -0.813. The molecule has 0 saturated carbocycles. The number of hydrogen-bond donors (Lipinski definition) is 0. The zero-order chi connectivity index (χ0) is 9.94. The molecular weight excluding hydrogens is 263 g/mol. The summed E-state index contributed by atoms with van der Waals surface area (Å²) in [6, 6.07) is 0. The van der Waals surface area contributed by atoms with Crippen LogP contribution in [-0.4, -0.2) is 19.8 Å². The SMILES string of the molecule is CCCCC[CH2][Sn]([CH2]C)[CH2]CCC. The van der Waals surface area contributed by atoms with E-state index >= 15 is 0 Å². The molecule has 0 aliphatic rings. The first-order valence-corrected chi connectivity index (χ1v) is 12.2. The van der Waals surface area contributed by atoms with E-state index in [0.717, 1.165) is 0 Å². The van der Waals surface area contributed by atoms with Crippen LogP contribution in [0.25, 0.3) is 0 Å². The molecular formula is C12H27Sn. The predicted octanol–water partition coefficient (Wildman–Crippen LogP) is 4.88. The molecule has 0 aromatic carbocycles. The van der Waals surface area contributed by atoms with E-state index in [4.69, 9.17) is 0 Å². The van der Waals surface area contributed by atoms with Gasteiger partial charge in [-0.3, -0.25) is 0 Å². The third-order valence-corrected chi connectivity index (χ3v) is 11.7. The summed E-state index contributed by atoms with van der Waals surface area (Å²) in [6.07, 6.45) is 8.86. The third-order valence-electron chi connectivity index (χ3n) is 2.77. The van der Waals surface area contributed by atoms with Gasteiger partial charge in [-0.1, -0.05) is 0 Å². The Balaban J connectivity index is 3.25. The molecule has 0 rings (SSSR count). The summed E-state index contributed by atoms with van der Waals surface area (Å²) >= 11 is -0.813. The van der Waals surface area contributed by atoms with Crippen molar-refractivity contribution in [3.8, 4) is 0 Å². The van der Waals surface area contributed by atoms with E-state index in [-0.39, 0.29) is 0 Å². The van der Waals surface area contributed by atoms with Gasteiger partial charge in [-0.15, -0.1) is 0 Å². The van der Waals surface area contributed by atoms with E-state index in [1.54, 1.807) is 19.7 Å². The van der Waals surface area contributed by atoms with Crippen LogP contribution in [0.1, 0.15) is 59.3 Å². The van der Waals surface area contributed by atoms with Crippen molar-refractivity contribution in [1.82, 2.24) is 0 Å². The molecule has 0 unspecified atom stereocenters. The Kier molecular flexibility index (Phi) is 11.5. The van der Waals surface area contributed by atoms with E-state index in [0.29, 0.717) is 0 Å². The van der Waals surface area contributed by atoms with Gasteiger partial charge in [0.15, 0.2) is 0 Å². The maximum absolute atomic E-state index is 2.43. The monoisotopic (exact) mass is 291 g/mol. The first kappa shape index (κ1) is 13.8. The van der Waals surface area contributed by atoms with E-state index < -0.39 is 19.8 Å². The van der Waals surface area contributed by atoms with Crippen molar-refractivity contribution in [2.75, 3.05) is 0 Å². The Hall–Kier alpha value is 0.799. The summed E-state index contributed by atoms with van der Waals surface area (Å²) in [4.78, 5) is 0. The molecule has 0 saturated heterocycles. The van der Waals surface area contributed by atoms with Crippen molar-refractivity contribution in [1.29, 1.82) is 0 Å². The second kappa shape index (κ2) is 10.9. The second-order valence-corrected chi connectivity index (χ2v) is 13.2. The first-order chi connectivity index (χ1) is 6.35. The molecule has 0 aliphatic carbocycles. The van der Waals surface area contributed by atoms with Crippen molar-refractivity contribution in [2.45, 2.75) is 72.6 Å². The summed E-state index contributed by atoms with van der Waals surface area (Å²) in [5.41, 5.74) is 0. The summed E-state index contributed by atoms with van der Waals surface area (Å²) in [6.45, 7) is 7.06. The molecule has 0 aromatic heterocycles. The predicted molar refractivity (Wildman–Crippen MR) is 64.9 cm³/mol. The third kappa shape index (κ3) is 9.11. The molecule has 0 amide bonds. The average Bonchev–Trinajstić information content (AvgIpc) is 2.17. The summed E-state index contributed by atoms with van der Waals surface area (Å²) in [7, 11) is 0. The molecule has 0 atom stereocenters. The van der Waals surface area contributed by atoms with Crippen molar-refractivity contribution >= 4 is 19.8 Å². The quantitative estimate of drug-likeness (QED) is 0.419. The number of rotatable bonds is 9. The van der Waals surface area contributed by atoms with Gasteiger partial charge in [0.05, 0.1) is 0 Å². The summed E-state index contributed by atoms with van der Waals surface area (Å²) in [5.74, 6) is 0. The van der Waals surface area contributed by atoms with Crippen LogP contribution in [0.2, 0.25) is 13.3 Å². The molecule has 1 heteroatoms. The molecule has 0 nitrogen and oxygen atoms in total. The van der Waals surface area contributed by atoms with Gasteiger partial charge in [-0.25, -0.2) is 0 Å². The van der Waals surface area contributed by atoms with E-state index in [1.807, 2.05) is 0 Å². The Morgan fingerprint density at radius 1 is 0.692 bits per heavy atom. The van der Waals surface area contributed by atoms with Gasteiger partial charge in [0.25, 0.3) is 0 Å². The average molecular weight is 290 g/mol. The Morgan fingerprint density at radius 3 is 1.85 bits per heavy atom. The molecule has 13 heavy (non-hydrogen) atoms. The zero-order valence-electron chi connectivity index (χ0n) is 9.86. The fourth-order valence-electron chi connectivity index (χ4n) is 1.71. The summed E-state index contributed by atoms with van der Waals surface area (Å²) < 4.78 is 4.94. The van der Waals surface area contributed by atoms with Crippen LogP contribution < -0.4 is 0 Å². The second-order valence-electron chi connectivity index (χ2n) is 4.02. The van der Waals surface area contributed by atoms with Crippen molar-refractivity contribution in [3.05, 3.63) is 0 Å². The van der Waals surface area contributed by atoms with Crippen LogP contribution in [0.3, 0.4) is 0 Å². The van der Waals surface area contributed by atoms with Gasteiger partial charge in [0.2, 0.25) is 0 Å². The number of hydrogen-bond acceptors (Lipinski definition) is 0. The molecule has 0 aromatic rings.